The van der Waals surface area contributed by atoms with Crippen LogP contribution in [0.3, 0.4) is 0 Å². The number of fused-ring (bicyclic) bond motifs is 1. The summed E-state index contributed by atoms with van der Waals surface area (Å²) in [5.74, 6) is -1.66. The number of carbonyl (C=O) groups is 2. The summed E-state index contributed by atoms with van der Waals surface area (Å²) in [5.41, 5.74) is 7.19. The fourth-order valence-electron chi connectivity index (χ4n) is 4.72. The topological polar surface area (TPSA) is 202 Å². The van der Waals surface area contributed by atoms with E-state index in [1.807, 2.05) is 16.7 Å². The smallest absolute Gasteiger partial charge is 0.481 e. The molecule has 1 unspecified atom stereocenters. The number of aromatic nitrogens is 4. The zero-order chi connectivity index (χ0) is 31.3. The number of nitrogens with zero attached hydrogens (tertiary/aromatic N) is 5. The molecule has 0 bridgehead atoms. The predicted molar refractivity (Wildman–Crippen MR) is 156 cm³/mol. The number of rotatable bonds is 16. The molecule has 0 spiro atoms. The lowest BCUT2D eigenvalue weighted by Crippen LogP contribution is -2.41. The number of aliphatic carboxylic acids is 1. The van der Waals surface area contributed by atoms with E-state index in [0.717, 1.165) is 18.1 Å². The molecule has 0 radical (unpaired) electrons. The van der Waals surface area contributed by atoms with Gasteiger partial charge in [-0.3, -0.25) is 19.0 Å². The molecule has 2 aliphatic carbocycles. The van der Waals surface area contributed by atoms with Gasteiger partial charge in [-0.05, 0) is 37.8 Å². The monoisotopic (exact) mass is 631 g/mol. The first-order valence-electron chi connectivity index (χ1n) is 13.9. The summed E-state index contributed by atoms with van der Waals surface area (Å²) < 4.78 is 32.3. The second kappa shape index (κ2) is 13.7. The lowest BCUT2D eigenvalue weighted by atomic mass is 10.1. The maximum Gasteiger partial charge on any atom is 0.589 e. The van der Waals surface area contributed by atoms with Crippen LogP contribution in [0, 0.1) is 5.92 Å². The van der Waals surface area contributed by atoms with Crippen LogP contribution < -0.4 is 15.6 Å². The molecule has 1 fully saturated rings. The summed E-state index contributed by atoms with van der Waals surface area (Å²) in [4.78, 5) is 47.6. The first-order valence-corrected chi connectivity index (χ1v) is 15.4. The maximum atomic E-state index is 13.9. The van der Waals surface area contributed by atoms with Crippen molar-refractivity contribution in [3.63, 3.8) is 0 Å². The molecule has 1 saturated carbocycles. The molecule has 2 aromatic heterocycles. The Labute approximate surface area is 252 Å². The van der Waals surface area contributed by atoms with Crippen molar-refractivity contribution in [1.29, 1.82) is 0 Å². The lowest BCUT2D eigenvalue weighted by molar-refractivity contribution is -0.360. The number of para-hydroxylation sites is 1. The fourth-order valence-corrected chi connectivity index (χ4v) is 5.96. The summed E-state index contributed by atoms with van der Waals surface area (Å²) >= 11 is 0. The number of hydroxylamine groups is 2. The van der Waals surface area contributed by atoms with E-state index in [1.165, 1.54) is 26.4 Å². The molecular weight excluding hydrogens is 597 g/mol. The van der Waals surface area contributed by atoms with E-state index in [1.54, 1.807) is 24.5 Å². The summed E-state index contributed by atoms with van der Waals surface area (Å²) in [6.07, 6.45) is 7.49. The van der Waals surface area contributed by atoms with Crippen LogP contribution in [0.4, 0.5) is 11.8 Å². The molecular formula is C27H34N7O9P. The number of benzene rings is 1. The fraction of sp³-hybridized carbons (Fsp3) is 0.444. The number of phosphoric ester groups is 1. The average molecular weight is 632 g/mol. The number of carbonyl (C=O) groups excluding carboxylic acids is 1. The van der Waals surface area contributed by atoms with Crippen molar-refractivity contribution in [3.8, 4) is 5.75 Å². The molecule has 3 aromatic rings. The summed E-state index contributed by atoms with van der Waals surface area (Å²) in [6, 6.07) is 6.90. The van der Waals surface area contributed by atoms with Crippen LogP contribution in [0.2, 0.25) is 0 Å². The molecule has 5 rings (SSSR count). The largest absolute Gasteiger partial charge is 0.589 e. The number of nitrogen functional groups attached to an aromatic ring is 1. The van der Waals surface area contributed by atoms with E-state index in [2.05, 4.69) is 20.3 Å². The number of anilines is 2. The highest BCUT2D eigenvalue weighted by Gasteiger charge is 2.40. The van der Waals surface area contributed by atoms with Crippen molar-refractivity contribution in [3.05, 3.63) is 48.8 Å². The Bertz CT molecular complexity index is 1550. The van der Waals surface area contributed by atoms with Crippen molar-refractivity contribution >= 4 is 42.7 Å². The number of allylic oxidation sites excluding steroid dienone is 1. The number of nitrogens with two attached hydrogens (primary N) is 1. The SMILES string of the molecule is CON(OC)[C@@H](CCC(=O)O)C(=O)OP(=O)(OC[C@@H]1C=C[C@H](n2cnc3c(NC4CC4)nc(N)nc32)C1)Oc1ccccc1. The zero-order valence-corrected chi connectivity index (χ0v) is 25.0. The van der Waals surface area contributed by atoms with E-state index in [4.69, 9.17) is 34.1 Å². The molecule has 236 valence electrons. The maximum absolute atomic E-state index is 13.9. The Morgan fingerprint density at radius 3 is 2.61 bits per heavy atom. The van der Waals surface area contributed by atoms with E-state index in [-0.39, 0.29) is 36.7 Å². The number of carboxylic acid groups (broad SMARTS) is 1. The standard InChI is InChI=1S/C27H34N7O9P/c1-39-34(40-2)21(12-13-22(35)36)26(37)43-44(38,42-20-6-4-3-5-7-20)41-15-17-8-11-19(14-17)33-16-29-23-24(30-18-9-10-18)31-27(28)32-25(23)33/h3-8,11,16-19,21H,9-10,12-15H2,1-2H3,(H,35,36)(H3,28,30,31,32)/t17-,19+,21+,44?/m1/s1. The summed E-state index contributed by atoms with van der Waals surface area (Å²) in [7, 11) is -2.14. The van der Waals surface area contributed by atoms with Gasteiger partial charge in [-0.25, -0.2) is 14.3 Å². The van der Waals surface area contributed by atoms with Crippen molar-refractivity contribution in [2.75, 3.05) is 31.9 Å². The minimum atomic E-state index is -4.58. The first-order chi connectivity index (χ1) is 21.2. The third-order valence-corrected chi connectivity index (χ3v) is 8.29. The van der Waals surface area contributed by atoms with Crippen molar-refractivity contribution in [1.82, 2.24) is 24.7 Å². The number of imidazole rings is 1. The molecule has 0 amide bonds. The van der Waals surface area contributed by atoms with E-state index >= 15 is 0 Å². The van der Waals surface area contributed by atoms with Crippen LogP contribution in [-0.2, 0) is 32.9 Å². The van der Waals surface area contributed by atoms with Crippen LogP contribution in [-0.4, -0.2) is 74.7 Å². The Morgan fingerprint density at radius 1 is 1.18 bits per heavy atom. The Balaban J connectivity index is 1.29. The van der Waals surface area contributed by atoms with Gasteiger partial charge in [0, 0.05) is 18.4 Å². The Morgan fingerprint density at radius 2 is 1.93 bits per heavy atom. The molecule has 17 heteroatoms. The molecule has 16 nitrogen and oxygen atoms in total. The molecule has 1 aromatic carbocycles. The van der Waals surface area contributed by atoms with Crippen LogP contribution >= 0.6 is 7.82 Å². The van der Waals surface area contributed by atoms with Gasteiger partial charge in [0.25, 0.3) is 0 Å². The van der Waals surface area contributed by atoms with Crippen molar-refractivity contribution < 1.29 is 42.5 Å². The van der Waals surface area contributed by atoms with Crippen LogP contribution in [0.5, 0.6) is 5.75 Å². The van der Waals surface area contributed by atoms with Gasteiger partial charge in [0.2, 0.25) is 5.95 Å². The number of hydrogen-bond donors (Lipinski definition) is 3. The zero-order valence-electron chi connectivity index (χ0n) is 24.1. The summed E-state index contributed by atoms with van der Waals surface area (Å²) in [6.45, 7) is -0.124. The lowest BCUT2D eigenvalue weighted by Gasteiger charge is -2.26. The van der Waals surface area contributed by atoms with E-state index < -0.39 is 32.2 Å². The Kier molecular flexibility index (Phi) is 9.76. The van der Waals surface area contributed by atoms with Gasteiger partial charge in [0.05, 0.1) is 33.2 Å². The normalized spacial score (nSPS) is 20.0. The molecule has 4 N–H and O–H groups in total. The summed E-state index contributed by atoms with van der Waals surface area (Å²) in [5, 5.41) is 13.2. The van der Waals surface area contributed by atoms with Crippen LogP contribution in [0.1, 0.15) is 38.1 Å². The minimum Gasteiger partial charge on any atom is -0.481 e. The second-order valence-electron chi connectivity index (χ2n) is 10.3. The number of phosphoric acid groups is 1. The number of nitrogens with one attached hydrogen (secondary N) is 1. The quantitative estimate of drug-likeness (QED) is 0.118. The Hall–Kier alpha value is -4.08. The molecule has 0 aliphatic heterocycles. The molecule has 2 heterocycles. The van der Waals surface area contributed by atoms with Crippen molar-refractivity contribution in [2.24, 2.45) is 5.92 Å². The number of hydrogen-bond acceptors (Lipinski definition) is 14. The van der Waals surface area contributed by atoms with Crippen LogP contribution in [0.25, 0.3) is 11.2 Å². The van der Waals surface area contributed by atoms with E-state index in [0.29, 0.717) is 29.4 Å². The highest BCUT2D eigenvalue weighted by molar-refractivity contribution is 7.49. The first kappa shape index (κ1) is 31.3. The average Bonchev–Trinajstić information content (AvgIpc) is 3.50. The van der Waals surface area contributed by atoms with Gasteiger partial charge in [-0.1, -0.05) is 35.6 Å². The highest BCUT2D eigenvalue weighted by Crippen LogP contribution is 2.51. The van der Waals surface area contributed by atoms with Gasteiger partial charge < -0.3 is 29.8 Å². The van der Waals surface area contributed by atoms with E-state index in [9.17, 15) is 14.2 Å². The third-order valence-electron chi connectivity index (χ3n) is 6.99. The number of carboxylic acids is 1. The van der Waals surface area contributed by atoms with Gasteiger partial charge in [-0.2, -0.15) is 9.97 Å². The minimum absolute atomic E-state index is 0.124. The van der Waals surface area contributed by atoms with Gasteiger partial charge >= 0.3 is 19.8 Å². The molecule has 44 heavy (non-hydrogen) atoms. The molecule has 0 saturated heterocycles. The molecule has 4 atom stereocenters. The molecule has 2 aliphatic rings. The van der Waals surface area contributed by atoms with Gasteiger partial charge in [0.15, 0.2) is 23.0 Å². The van der Waals surface area contributed by atoms with Crippen molar-refractivity contribution in [2.45, 2.75) is 50.2 Å². The van der Waals surface area contributed by atoms with Crippen LogP contribution in [0.15, 0.2) is 48.8 Å². The second-order valence-corrected chi connectivity index (χ2v) is 11.8. The van der Waals surface area contributed by atoms with Gasteiger partial charge in [0.1, 0.15) is 5.75 Å². The third kappa shape index (κ3) is 7.70. The highest BCUT2D eigenvalue weighted by atomic mass is 31.2. The van der Waals surface area contributed by atoms with Gasteiger partial charge in [-0.15, -0.1) is 0 Å². The predicted octanol–water partition coefficient (Wildman–Crippen LogP) is 3.51.